The Morgan fingerprint density at radius 3 is 1.80 bits per heavy atom. The van der Waals surface area contributed by atoms with Crippen LogP contribution in [0.4, 0.5) is 0 Å². The van der Waals surface area contributed by atoms with Gasteiger partial charge in [0.25, 0.3) is 0 Å². The van der Waals surface area contributed by atoms with Gasteiger partial charge in [-0.05, 0) is 0 Å². The van der Waals surface area contributed by atoms with Gasteiger partial charge in [-0.25, -0.2) is 0 Å². The molecule has 0 atom stereocenters. The molecule has 1 saturated heterocycles. The molecular weight excluding hydrogens is 208 g/mol. The molecule has 0 unspecified atom stereocenters. The molecule has 0 N–H and O–H groups in total. The first-order valence-corrected chi connectivity index (χ1v) is 4.83. The van der Waals surface area contributed by atoms with E-state index in [-0.39, 0.29) is 0 Å². The van der Waals surface area contributed by atoms with Crippen molar-refractivity contribution in [3.8, 4) is 0 Å². The fraction of sp³-hybridized carbons (Fsp3) is 0.857. The van der Waals surface area contributed by atoms with Crippen LogP contribution in [0.15, 0.2) is 0 Å². The average Bonchev–Trinajstić information content (AvgIpc) is 2.30. The molecule has 3 heteroatoms. The zero-order valence-electron chi connectivity index (χ0n) is 6.63. The summed E-state index contributed by atoms with van der Waals surface area (Å²) in [6.07, 6.45) is 0. The summed E-state index contributed by atoms with van der Waals surface area (Å²) >= 11 is 2.14. The van der Waals surface area contributed by atoms with Crippen molar-refractivity contribution in [3.63, 3.8) is 0 Å². The van der Waals surface area contributed by atoms with Gasteiger partial charge in [0.05, 0.1) is 0 Å². The molecule has 0 saturated carbocycles. The first kappa shape index (κ1) is 8.57. The molecule has 1 aliphatic rings. The van der Waals surface area contributed by atoms with Crippen molar-refractivity contribution in [3.05, 3.63) is 0 Å². The molecular formula is C7H14MoN2. The molecule has 0 spiro atoms. The zero-order chi connectivity index (χ0) is 7.56. The second-order valence-electron chi connectivity index (χ2n) is 2.44. The van der Waals surface area contributed by atoms with E-state index in [0.29, 0.717) is 0 Å². The molecule has 58 valence electrons. The molecule has 0 aliphatic carbocycles. The molecule has 1 rings (SSSR count). The van der Waals surface area contributed by atoms with Crippen LogP contribution in [0.5, 0.6) is 0 Å². The summed E-state index contributed by atoms with van der Waals surface area (Å²) < 4.78 is 1.46. The second-order valence-corrected chi connectivity index (χ2v) is 3.34. The monoisotopic (exact) mass is 224 g/mol. The third-order valence-electron chi connectivity index (χ3n) is 1.94. The Hall–Kier alpha value is 0.478. The van der Waals surface area contributed by atoms with Crippen molar-refractivity contribution in [2.45, 2.75) is 13.8 Å². The van der Waals surface area contributed by atoms with Crippen molar-refractivity contribution in [1.29, 1.82) is 0 Å². The van der Waals surface area contributed by atoms with Crippen LogP contribution in [0.3, 0.4) is 0 Å². The summed E-state index contributed by atoms with van der Waals surface area (Å²) in [7, 11) is 0. The van der Waals surface area contributed by atoms with Crippen LogP contribution in [0, 0.1) is 0 Å². The van der Waals surface area contributed by atoms with Gasteiger partial charge >= 0.3 is 73.3 Å². The van der Waals surface area contributed by atoms with Crippen LogP contribution in [0.25, 0.3) is 0 Å². The Bertz CT molecular complexity index is 122. The molecule has 2 nitrogen and oxygen atoms in total. The normalized spacial score (nSPS) is 22.4. The molecule has 0 aromatic carbocycles. The van der Waals surface area contributed by atoms with Crippen LogP contribution in [-0.4, -0.2) is 40.1 Å². The quantitative estimate of drug-likeness (QED) is 0.619. The van der Waals surface area contributed by atoms with Gasteiger partial charge in [-0.2, -0.15) is 0 Å². The summed E-state index contributed by atoms with van der Waals surface area (Å²) in [6, 6.07) is 0. The van der Waals surface area contributed by atoms with E-state index < -0.39 is 0 Å². The molecule has 1 aliphatic heterocycles. The molecule has 0 bridgehead atoms. The molecule has 1 fully saturated rings. The van der Waals surface area contributed by atoms with Crippen molar-refractivity contribution in [2.24, 2.45) is 0 Å². The fourth-order valence-electron chi connectivity index (χ4n) is 1.22. The van der Waals surface area contributed by atoms with Gasteiger partial charge in [-0.1, -0.05) is 0 Å². The summed E-state index contributed by atoms with van der Waals surface area (Å²) in [5, 5.41) is 0. The summed E-state index contributed by atoms with van der Waals surface area (Å²) in [4.78, 5) is 4.85. The standard InChI is InChI=1S/C7H14N2.Mo/c1-3-8-5-6-9(4-2)7-8;/h3-6H2,1-2H3;. The van der Waals surface area contributed by atoms with Gasteiger partial charge in [-0.3, -0.25) is 0 Å². The summed E-state index contributed by atoms with van der Waals surface area (Å²) in [5.74, 6) is 0. The van der Waals surface area contributed by atoms with Crippen molar-refractivity contribution in [1.82, 2.24) is 9.80 Å². The molecule has 10 heavy (non-hydrogen) atoms. The summed E-state index contributed by atoms with van der Waals surface area (Å²) in [5.41, 5.74) is 0. The van der Waals surface area contributed by atoms with Crippen molar-refractivity contribution < 1.29 is 19.4 Å². The number of likely N-dealkylation sites (N-methyl/N-ethyl adjacent to an activating group) is 2. The Balaban J connectivity index is 2.49. The molecule has 0 radical (unpaired) electrons. The van der Waals surface area contributed by atoms with Gasteiger partial charge in [0, 0.05) is 0 Å². The SMILES string of the molecule is CCN1CCN(CC)[C]1=[Mo]. The minimum atomic E-state index is 1.16. The van der Waals surface area contributed by atoms with E-state index in [9.17, 15) is 0 Å². The van der Waals surface area contributed by atoms with Crippen molar-refractivity contribution >= 4 is 4.15 Å². The zero-order valence-corrected chi connectivity index (χ0v) is 8.64. The van der Waals surface area contributed by atoms with E-state index in [2.05, 4.69) is 43.0 Å². The topological polar surface area (TPSA) is 6.48 Å². The van der Waals surface area contributed by atoms with E-state index in [1.807, 2.05) is 0 Å². The predicted octanol–water partition coefficient (Wildman–Crippen LogP) is 0.278. The van der Waals surface area contributed by atoms with E-state index in [4.69, 9.17) is 0 Å². The van der Waals surface area contributed by atoms with E-state index in [0.717, 1.165) is 13.1 Å². The molecule has 0 aromatic rings. The fourth-order valence-corrected chi connectivity index (χ4v) is 2.30. The van der Waals surface area contributed by atoms with Gasteiger partial charge in [0.1, 0.15) is 0 Å². The Morgan fingerprint density at radius 1 is 1.20 bits per heavy atom. The maximum absolute atomic E-state index is 2.42. The van der Waals surface area contributed by atoms with Gasteiger partial charge in [0.2, 0.25) is 0 Å². The van der Waals surface area contributed by atoms with Crippen LogP contribution < -0.4 is 0 Å². The van der Waals surface area contributed by atoms with Crippen LogP contribution in [0.1, 0.15) is 13.8 Å². The number of hydrogen-bond acceptors (Lipinski definition) is 2. The van der Waals surface area contributed by atoms with Crippen molar-refractivity contribution in [2.75, 3.05) is 26.2 Å². The Morgan fingerprint density at radius 2 is 1.60 bits per heavy atom. The van der Waals surface area contributed by atoms with Gasteiger partial charge in [-0.15, -0.1) is 0 Å². The van der Waals surface area contributed by atoms with E-state index in [1.54, 1.807) is 0 Å². The average molecular weight is 222 g/mol. The van der Waals surface area contributed by atoms with Gasteiger partial charge in [0.15, 0.2) is 0 Å². The minimum absolute atomic E-state index is 1.16. The molecule has 0 amide bonds. The first-order valence-electron chi connectivity index (χ1n) is 3.83. The molecule has 0 aromatic heterocycles. The maximum atomic E-state index is 2.42. The van der Waals surface area contributed by atoms with E-state index in [1.165, 1.54) is 17.2 Å². The third-order valence-corrected chi connectivity index (χ3v) is 3.21. The van der Waals surface area contributed by atoms with Crippen LogP contribution in [0.2, 0.25) is 0 Å². The number of hydrogen-bond donors (Lipinski definition) is 0. The Labute approximate surface area is 73.6 Å². The summed E-state index contributed by atoms with van der Waals surface area (Å²) in [6.45, 7) is 9.18. The Kier molecular flexibility index (Phi) is 3.22. The van der Waals surface area contributed by atoms with Crippen LogP contribution >= 0.6 is 0 Å². The van der Waals surface area contributed by atoms with Crippen LogP contribution in [-0.2, 0) is 19.4 Å². The van der Waals surface area contributed by atoms with E-state index >= 15 is 0 Å². The van der Waals surface area contributed by atoms with Gasteiger partial charge < -0.3 is 0 Å². The first-order chi connectivity index (χ1) is 4.79. The number of nitrogens with zero attached hydrogens (tertiary/aromatic N) is 2. The number of rotatable bonds is 2. The molecule has 1 heterocycles. The second kappa shape index (κ2) is 3.75. The third kappa shape index (κ3) is 1.55. The predicted molar refractivity (Wildman–Crippen MR) is 39.5 cm³/mol.